The largest absolute Gasteiger partial charge is 0.333 e. The van der Waals surface area contributed by atoms with Crippen LogP contribution in [-0.4, -0.2) is 36.5 Å². The lowest BCUT2D eigenvalue weighted by Gasteiger charge is -2.34. The molecule has 3 nitrogen and oxygen atoms in total. The molecule has 2 heterocycles. The lowest BCUT2D eigenvalue weighted by atomic mass is 9.97. The summed E-state index contributed by atoms with van der Waals surface area (Å²) in [6, 6.07) is 19.1. The van der Waals surface area contributed by atoms with E-state index < -0.39 is 0 Å². The molecule has 1 unspecified atom stereocenters. The van der Waals surface area contributed by atoms with E-state index in [9.17, 15) is 4.79 Å². The van der Waals surface area contributed by atoms with Gasteiger partial charge in [-0.25, -0.2) is 0 Å². The Hall–Kier alpha value is -2.39. The van der Waals surface area contributed by atoms with Gasteiger partial charge in [0.15, 0.2) is 6.04 Å². The second-order valence-corrected chi connectivity index (χ2v) is 7.46. The Kier molecular flexibility index (Phi) is 4.89. The van der Waals surface area contributed by atoms with E-state index in [4.69, 9.17) is 0 Å². The Morgan fingerprint density at radius 3 is 2.46 bits per heavy atom. The van der Waals surface area contributed by atoms with Gasteiger partial charge in [0.05, 0.1) is 13.1 Å². The number of carbonyl (C=O) groups excluding carboxylic acids is 1. The van der Waals surface area contributed by atoms with E-state index >= 15 is 0 Å². The maximum atomic E-state index is 13.0. The lowest BCUT2D eigenvalue weighted by Crippen LogP contribution is -3.17. The van der Waals surface area contributed by atoms with Crippen molar-refractivity contribution >= 4 is 11.5 Å². The predicted octanol–water partition coefficient (Wildman–Crippen LogP) is 2.33. The number of hydrogen-bond acceptors (Lipinski definition) is 1. The summed E-state index contributed by atoms with van der Waals surface area (Å²) < 4.78 is 0. The van der Waals surface area contributed by atoms with Crippen LogP contribution in [0.5, 0.6) is 0 Å². The molecule has 0 aromatic heterocycles. The van der Waals surface area contributed by atoms with E-state index in [2.05, 4.69) is 72.5 Å². The molecule has 3 heteroatoms. The second-order valence-electron chi connectivity index (χ2n) is 7.46. The Morgan fingerprint density at radius 2 is 1.73 bits per heavy atom. The zero-order chi connectivity index (χ0) is 17.9. The summed E-state index contributed by atoms with van der Waals surface area (Å²) in [5.41, 5.74) is 5.43. The highest BCUT2D eigenvalue weighted by Crippen LogP contribution is 2.20. The van der Waals surface area contributed by atoms with Crippen molar-refractivity contribution in [1.29, 1.82) is 0 Å². The molecule has 134 valence electrons. The van der Waals surface area contributed by atoms with Crippen molar-refractivity contribution in [3.63, 3.8) is 0 Å². The highest BCUT2D eigenvalue weighted by molar-refractivity contribution is 5.80. The van der Waals surface area contributed by atoms with Crippen LogP contribution in [0.1, 0.15) is 30.0 Å². The number of nitrogens with zero attached hydrogens (tertiary/aromatic N) is 1. The molecule has 0 bridgehead atoms. The molecule has 2 atom stereocenters. The number of quaternary nitrogens is 1. The van der Waals surface area contributed by atoms with Gasteiger partial charge in [-0.2, -0.15) is 0 Å². The molecule has 0 radical (unpaired) electrons. The van der Waals surface area contributed by atoms with Crippen molar-refractivity contribution < 1.29 is 9.69 Å². The maximum Gasteiger partial charge on any atom is 0.280 e. The molecule has 4 rings (SSSR count). The van der Waals surface area contributed by atoms with Crippen LogP contribution < -0.4 is 4.90 Å². The third kappa shape index (κ3) is 3.45. The summed E-state index contributed by atoms with van der Waals surface area (Å²) in [5.74, 6) is 0.297. The number of nitrogens with one attached hydrogen (secondary N) is 1. The van der Waals surface area contributed by atoms with Crippen LogP contribution in [0.25, 0.3) is 5.57 Å². The molecule has 2 aromatic rings. The standard InChI is InChI=1S/C23H26N2O/c1-18(23(26)25-16-13-20-9-5-6-10-22(20)17-25)24-14-11-21(12-15-24)19-7-3-2-4-8-19/h2-11,18H,12-17H2,1H3/p+1/t18-/m1/s1. The molecule has 0 saturated heterocycles. The van der Waals surface area contributed by atoms with Gasteiger partial charge in [-0.05, 0) is 41.7 Å². The number of benzene rings is 2. The fraction of sp³-hybridized carbons (Fsp3) is 0.348. The molecule has 2 aromatic carbocycles. The van der Waals surface area contributed by atoms with E-state index in [1.807, 2.05) is 0 Å². The molecule has 1 amide bonds. The molecular weight excluding hydrogens is 320 g/mol. The van der Waals surface area contributed by atoms with Gasteiger partial charge >= 0.3 is 0 Å². The quantitative estimate of drug-likeness (QED) is 0.906. The van der Waals surface area contributed by atoms with Gasteiger partial charge < -0.3 is 9.80 Å². The van der Waals surface area contributed by atoms with Gasteiger partial charge in [0, 0.05) is 19.5 Å². The minimum Gasteiger partial charge on any atom is -0.333 e. The first kappa shape index (κ1) is 17.0. The molecule has 0 fully saturated rings. The lowest BCUT2D eigenvalue weighted by molar-refractivity contribution is -0.909. The number of carbonyl (C=O) groups is 1. The van der Waals surface area contributed by atoms with Crippen LogP contribution in [-0.2, 0) is 17.8 Å². The van der Waals surface area contributed by atoms with Crippen LogP contribution in [0.4, 0.5) is 0 Å². The number of fused-ring (bicyclic) bond motifs is 1. The Labute approximate surface area is 155 Å². The molecule has 2 aliphatic rings. The maximum absolute atomic E-state index is 13.0. The summed E-state index contributed by atoms with van der Waals surface area (Å²) in [5, 5.41) is 0. The number of rotatable bonds is 3. The van der Waals surface area contributed by atoms with E-state index in [0.29, 0.717) is 5.91 Å². The van der Waals surface area contributed by atoms with Gasteiger partial charge in [-0.15, -0.1) is 0 Å². The smallest absolute Gasteiger partial charge is 0.280 e. The van der Waals surface area contributed by atoms with Crippen molar-refractivity contribution in [2.24, 2.45) is 0 Å². The van der Waals surface area contributed by atoms with Gasteiger partial charge in [0.25, 0.3) is 5.91 Å². The summed E-state index contributed by atoms with van der Waals surface area (Å²) in [7, 11) is 0. The van der Waals surface area contributed by atoms with Gasteiger partial charge in [0.1, 0.15) is 0 Å². The first-order valence-corrected chi connectivity index (χ1v) is 9.67. The van der Waals surface area contributed by atoms with Gasteiger partial charge in [-0.1, -0.05) is 54.6 Å². The zero-order valence-corrected chi connectivity index (χ0v) is 15.4. The third-order valence-corrected chi connectivity index (χ3v) is 5.90. The Morgan fingerprint density at radius 1 is 1.00 bits per heavy atom. The zero-order valence-electron chi connectivity index (χ0n) is 15.4. The summed E-state index contributed by atoms with van der Waals surface area (Å²) >= 11 is 0. The topological polar surface area (TPSA) is 24.8 Å². The third-order valence-electron chi connectivity index (χ3n) is 5.90. The Bertz CT molecular complexity index is 812. The first-order valence-electron chi connectivity index (χ1n) is 9.67. The molecule has 0 aliphatic carbocycles. The average Bonchev–Trinajstić information content (AvgIpc) is 2.73. The molecule has 0 saturated carbocycles. The van der Waals surface area contributed by atoms with Crippen molar-refractivity contribution in [2.45, 2.75) is 32.4 Å². The SMILES string of the molecule is C[C@H](C(=O)N1CCc2ccccc2C1)[NH+]1CC=C(c2ccccc2)CC1. The Balaban J connectivity index is 1.40. The molecule has 1 N–H and O–H groups in total. The van der Waals surface area contributed by atoms with Gasteiger partial charge in [0.2, 0.25) is 0 Å². The molecular formula is C23H27N2O+. The van der Waals surface area contributed by atoms with E-state index in [-0.39, 0.29) is 6.04 Å². The van der Waals surface area contributed by atoms with Crippen LogP contribution >= 0.6 is 0 Å². The summed E-state index contributed by atoms with van der Waals surface area (Å²) in [6.07, 6.45) is 4.34. The highest BCUT2D eigenvalue weighted by atomic mass is 16.2. The molecule has 2 aliphatic heterocycles. The van der Waals surface area contributed by atoms with Crippen LogP contribution in [0.3, 0.4) is 0 Å². The minimum atomic E-state index is 0.0221. The van der Waals surface area contributed by atoms with Crippen molar-refractivity contribution in [2.75, 3.05) is 19.6 Å². The second kappa shape index (κ2) is 7.46. The summed E-state index contributed by atoms with van der Waals surface area (Å²) in [6.45, 7) is 5.66. The van der Waals surface area contributed by atoms with E-state index in [0.717, 1.165) is 39.0 Å². The molecule has 26 heavy (non-hydrogen) atoms. The fourth-order valence-corrected chi connectivity index (χ4v) is 4.19. The van der Waals surface area contributed by atoms with Gasteiger partial charge in [-0.3, -0.25) is 4.79 Å². The monoisotopic (exact) mass is 347 g/mol. The first-order chi connectivity index (χ1) is 12.7. The average molecular weight is 347 g/mol. The highest BCUT2D eigenvalue weighted by Gasteiger charge is 2.32. The predicted molar refractivity (Wildman–Crippen MR) is 105 cm³/mol. The van der Waals surface area contributed by atoms with E-state index in [1.165, 1.54) is 27.2 Å². The van der Waals surface area contributed by atoms with Crippen LogP contribution in [0, 0.1) is 0 Å². The van der Waals surface area contributed by atoms with Crippen LogP contribution in [0.2, 0.25) is 0 Å². The van der Waals surface area contributed by atoms with Crippen LogP contribution in [0.15, 0.2) is 60.7 Å². The van der Waals surface area contributed by atoms with Crippen molar-refractivity contribution in [1.82, 2.24) is 4.90 Å². The normalized spacial score (nSPS) is 20.9. The van der Waals surface area contributed by atoms with Crippen molar-refractivity contribution in [3.05, 3.63) is 77.4 Å². The fourth-order valence-electron chi connectivity index (χ4n) is 4.19. The number of amides is 1. The summed E-state index contributed by atoms with van der Waals surface area (Å²) in [4.78, 5) is 16.5. The van der Waals surface area contributed by atoms with E-state index in [1.54, 1.807) is 0 Å². The van der Waals surface area contributed by atoms with Crippen molar-refractivity contribution in [3.8, 4) is 0 Å². The molecule has 0 spiro atoms. The number of hydrogen-bond donors (Lipinski definition) is 1. The minimum absolute atomic E-state index is 0.0221.